The van der Waals surface area contributed by atoms with Crippen molar-refractivity contribution in [2.24, 2.45) is 0 Å². The molecule has 0 spiro atoms. The van der Waals surface area contributed by atoms with Crippen molar-refractivity contribution in [1.29, 1.82) is 0 Å². The van der Waals surface area contributed by atoms with Crippen LogP contribution in [-0.4, -0.2) is 70.4 Å². The van der Waals surface area contributed by atoms with Gasteiger partial charge in [0.1, 0.15) is 24.0 Å². The summed E-state index contributed by atoms with van der Waals surface area (Å²) in [4.78, 5) is 21.3. The minimum absolute atomic E-state index is 0.0500. The molecule has 2 unspecified atom stereocenters. The molecule has 0 bridgehead atoms. The third-order valence-electron chi connectivity index (χ3n) is 5.29. The molecule has 2 saturated heterocycles. The molecule has 2 atom stereocenters. The molecule has 0 aromatic carbocycles. The number of nitrogens with zero attached hydrogens (tertiary/aromatic N) is 4. The molecule has 2 aromatic heterocycles. The molecule has 2 aliphatic rings. The summed E-state index contributed by atoms with van der Waals surface area (Å²) in [5.74, 6) is 1.54. The monoisotopic (exact) mass is 374 g/mol. The van der Waals surface area contributed by atoms with Crippen molar-refractivity contribution >= 4 is 6.03 Å². The van der Waals surface area contributed by atoms with E-state index in [1.165, 1.54) is 25.6 Å². The van der Waals surface area contributed by atoms with Gasteiger partial charge in [-0.2, -0.15) is 5.10 Å². The molecule has 4 rings (SSSR count). The first kappa shape index (κ1) is 18.0. The SMILES string of the molecule is O=C(NCC(c1ccco1)N1CCCCC1)N1CCOCC1c1ncn[nH]1. The fraction of sp³-hybridized carbons (Fsp3) is 0.611. The van der Waals surface area contributed by atoms with E-state index in [4.69, 9.17) is 9.15 Å². The van der Waals surface area contributed by atoms with Crippen molar-refractivity contribution in [2.45, 2.75) is 31.3 Å². The van der Waals surface area contributed by atoms with E-state index < -0.39 is 0 Å². The van der Waals surface area contributed by atoms with Crippen molar-refractivity contribution in [3.63, 3.8) is 0 Å². The first-order chi connectivity index (χ1) is 13.3. The molecular formula is C18H26N6O3. The number of H-pyrrole nitrogens is 1. The predicted octanol–water partition coefficient (Wildman–Crippen LogP) is 1.71. The molecule has 2 aromatic rings. The number of furan rings is 1. The summed E-state index contributed by atoms with van der Waals surface area (Å²) >= 11 is 0. The predicted molar refractivity (Wildman–Crippen MR) is 96.9 cm³/mol. The molecule has 9 heteroatoms. The Bertz CT molecular complexity index is 699. The molecule has 4 heterocycles. The molecule has 0 radical (unpaired) electrons. The smallest absolute Gasteiger partial charge is 0.318 e. The highest BCUT2D eigenvalue weighted by Gasteiger charge is 2.32. The van der Waals surface area contributed by atoms with E-state index in [0.717, 1.165) is 18.8 Å². The van der Waals surface area contributed by atoms with Gasteiger partial charge in [0.15, 0.2) is 0 Å². The van der Waals surface area contributed by atoms with E-state index in [-0.39, 0.29) is 18.1 Å². The van der Waals surface area contributed by atoms with E-state index in [1.807, 2.05) is 12.1 Å². The first-order valence-electron chi connectivity index (χ1n) is 9.58. The number of ether oxygens (including phenoxy) is 1. The van der Waals surface area contributed by atoms with Gasteiger partial charge in [-0.05, 0) is 38.1 Å². The Balaban J connectivity index is 1.42. The Morgan fingerprint density at radius 3 is 2.96 bits per heavy atom. The third-order valence-corrected chi connectivity index (χ3v) is 5.29. The highest BCUT2D eigenvalue weighted by molar-refractivity contribution is 5.74. The van der Waals surface area contributed by atoms with E-state index in [2.05, 4.69) is 25.4 Å². The third kappa shape index (κ3) is 4.14. The van der Waals surface area contributed by atoms with Gasteiger partial charge >= 0.3 is 6.03 Å². The van der Waals surface area contributed by atoms with Crippen LogP contribution in [0.15, 0.2) is 29.1 Å². The topological polar surface area (TPSA) is 99.5 Å². The zero-order valence-electron chi connectivity index (χ0n) is 15.3. The number of nitrogens with one attached hydrogen (secondary N) is 2. The summed E-state index contributed by atoms with van der Waals surface area (Å²) < 4.78 is 11.2. The summed E-state index contributed by atoms with van der Waals surface area (Å²) in [7, 11) is 0. The fourth-order valence-electron chi connectivity index (χ4n) is 3.85. The van der Waals surface area contributed by atoms with E-state index in [9.17, 15) is 4.79 Å². The number of morpholine rings is 1. The largest absolute Gasteiger partial charge is 0.468 e. The van der Waals surface area contributed by atoms with Crippen molar-refractivity contribution in [3.8, 4) is 0 Å². The molecule has 0 aliphatic carbocycles. The average Bonchev–Trinajstić information content (AvgIpc) is 3.43. The molecule has 2 amide bonds. The number of amides is 2. The number of likely N-dealkylation sites (tertiary alicyclic amines) is 1. The minimum Gasteiger partial charge on any atom is -0.468 e. The minimum atomic E-state index is -0.252. The summed E-state index contributed by atoms with van der Waals surface area (Å²) in [5, 5.41) is 9.83. The Kier molecular flexibility index (Phi) is 5.69. The number of piperidine rings is 1. The second kappa shape index (κ2) is 8.53. The van der Waals surface area contributed by atoms with Crippen LogP contribution >= 0.6 is 0 Å². The molecule has 0 saturated carbocycles. The number of urea groups is 1. The zero-order chi connectivity index (χ0) is 18.5. The van der Waals surface area contributed by atoms with E-state index in [0.29, 0.717) is 32.1 Å². The van der Waals surface area contributed by atoms with Gasteiger partial charge in [0.2, 0.25) is 0 Å². The lowest BCUT2D eigenvalue weighted by molar-refractivity contribution is 0.00816. The molecule has 27 heavy (non-hydrogen) atoms. The van der Waals surface area contributed by atoms with Crippen LogP contribution in [0.3, 0.4) is 0 Å². The lowest BCUT2D eigenvalue weighted by Gasteiger charge is -2.36. The van der Waals surface area contributed by atoms with Gasteiger partial charge in [0, 0.05) is 13.1 Å². The molecule has 146 valence electrons. The van der Waals surface area contributed by atoms with Crippen molar-refractivity contribution in [1.82, 2.24) is 30.3 Å². The van der Waals surface area contributed by atoms with Crippen LogP contribution in [0.4, 0.5) is 4.79 Å². The van der Waals surface area contributed by atoms with Gasteiger partial charge in [-0.15, -0.1) is 0 Å². The normalized spacial score (nSPS) is 22.5. The second-order valence-corrected chi connectivity index (χ2v) is 6.97. The highest BCUT2D eigenvalue weighted by atomic mass is 16.5. The molecule has 2 aliphatic heterocycles. The summed E-state index contributed by atoms with van der Waals surface area (Å²) in [6.45, 7) is 4.01. The van der Waals surface area contributed by atoms with Crippen molar-refractivity contribution < 1.29 is 13.9 Å². The van der Waals surface area contributed by atoms with Crippen LogP contribution in [-0.2, 0) is 4.74 Å². The number of carbonyl (C=O) groups is 1. The van der Waals surface area contributed by atoms with Crippen LogP contribution in [0.25, 0.3) is 0 Å². The van der Waals surface area contributed by atoms with Gasteiger partial charge in [-0.1, -0.05) is 6.42 Å². The first-order valence-corrected chi connectivity index (χ1v) is 9.58. The van der Waals surface area contributed by atoms with Gasteiger partial charge in [-0.25, -0.2) is 9.78 Å². The number of hydrogen-bond acceptors (Lipinski definition) is 6. The molecule has 9 nitrogen and oxygen atoms in total. The maximum atomic E-state index is 12.9. The van der Waals surface area contributed by atoms with Crippen LogP contribution in [0.2, 0.25) is 0 Å². The Morgan fingerprint density at radius 2 is 2.22 bits per heavy atom. The number of hydrogen-bond donors (Lipinski definition) is 2. The number of aromatic amines is 1. The van der Waals surface area contributed by atoms with E-state index in [1.54, 1.807) is 11.2 Å². The number of aromatic nitrogens is 3. The standard InChI is InChI=1S/C18H26N6O3/c25-18(24-8-10-26-12-15(24)17-20-13-21-22-17)19-11-14(16-5-4-9-27-16)23-6-2-1-3-7-23/h4-5,9,13-15H,1-3,6-8,10-12H2,(H,19,25)(H,20,21,22). The summed E-state index contributed by atoms with van der Waals surface area (Å²) in [6, 6.07) is 3.56. The molecular weight excluding hydrogens is 348 g/mol. The Morgan fingerprint density at radius 1 is 1.33 bits per heavy atom. The fourth-order valence-corrected chi connectivity index (χ4v) is 3.85. The van der Waals surface area contributed by atoms with Crippen LogP contribution in [0.5, 0.6) is 0 Å². The summed E-state index contributed by atoms with van der Waals surface area (Å²) in [5.41, 5.74) is 0. The van der Waals surface area contributed by atoms with Crippen molar-refractivity contribution in [2.75, 3.05) is 39.4 Å². The zero-order valence-corrected chi connectivity index (χ0v) is 15.3. The second-order valence-electron chi connectivity index (χ2n) is 6.97. The maximum absolute atomic E-state index is 12.9. The quantitative estimate of drug-likeness (QED) is 0.826. The van der Waals surface area contributed by atoms with Crippen LogP contribution < -0.4 is 5.32 Å². The summed E-state index contributed by atoms with van der Waals surface area (Å²) in [6.07, 6.45) is 6.77. The van der Waals surface area contributed by atoms with Crippen LogP contribution in [0.1, 0.15) is 42.9 Å². The Labute approximate surface area is 158 Å². The van der Waals surface area contributed by atoms with Gasteiger partial charge in [0.25, 0.3) is 0 Å². The maximum Gasteiger partial charge on any atom is 0.318 e. The van der Waals surface area contributed by atoms with Gasteiger partial charge in [0.05, 0.1) is 25.5 Å². The van der Waals surface area contributed by atoms with Crippen molar-refractivity contribution in [3.05, 3.63) is 36.3 Å². The highest BCUT2D eigenvalue weighted by Crippen LogP contribution is 2.25. The van der Waals surface area contributed by atoms with Gasteiger partial charge < -0.3 is 19.4 Å². The molecule has 2 N–H and O–H groups in total. The molecule has 2 fully saturated rings. The van der Waals surface area contributed by atoms with Gasteiger partial charge in [-0.3, -0.25) is 10.00 Å². The van der Waals surface area contributed by atoms with E-state index >= 15 is 0 Å². The number of rotatable bonds is 5. The lowest BCUT2D eigenvalue weighted by atomic mass is 10.1. The number of carbonyl (C=O) groups excluding carboxylic acids is 1. The Hall–Kier alpha value is -2.39. The lowest BCUT2D eigenvalue weighted by Crippen LogP contribution is -2.50. The van der Waals surface area contributed by atoms with Crippen LogP contribution in [0, 0.1) is 0 Å². The average molecular weight is 374 g/mol.